The average Bonchev–Trinajstić information content (AvgIpc) is 2.47. The zero-order chi connectivity index (χ0) is 14.5. The van der Waals surface area contributed by atoms with Crippen LogP contribution in [0.5, 0.6) is 5.75 Å². The van der Waals surface area contributed by atoms with Gasteiger partial charge in [0.1, 0.15) is 12.0 Å². The molecule has 0 bridgehead atoms. The van der Waals surface area contributed by atoms with E-state index < -0.39 is 0 Å². The molecule has 20 heavy (non-hydrogen) atoms. The molecule has 104 valence electrons. The van der Waals surface area contributed by atoms with Crippen molar-refractivity contribution in [3.63, 3.8) is 0 Å². The number of hydrogen-bond acceptors (Lipinski definition) is 4. The van der Waals surface area contributed by atoms with E-state index in [0.29, 0.717) is 5.56 Å². The van der Waals surface area contributed by atoms with E-state index in [4.69, 9.17) is 4.74 Å². The molecule has 0 radical (unpaired) electrons. The van der Waals surface area contributed by atoms with Gasteiger partial charge >= 0.3 is 0 Å². The van der Waals surface area contributed by atoms with Crippen LogP contribution in [0.25, 0.3) is 0 Å². The third-order valence-corrected chi connectivity index (χ3v) is 4.12. The number of pyridine rings is 1. The van der Waals surface area contributed by atoms with Crippen molar-refractivity contribution in [1.82, 2.24) is 4.98 Å². The number of thioether (sulfide) groups is 1. The second-order valence-corrected chi connectivity index (χ2v) is 5.57. The molecule has 1 aromatic heterocycles. The van der Waals surface area contributed by atoms with Gasteiger partial charge in [-0.2, -0.15) is 0 Å². The molecule has 1 aromatic carbocycles. The molecule has 0 aliphatic heterocycles. The fourth-order valence-electron chi connectivity index (χ4n) is 2.05. The number of nitrogens with zero attached hydrogens (tertiary/aromatic N) is 1. The van der Waals surface area contributed by atoms with Crippen molar-refractivity contribution in [2.45, 2.75) is 24.5 Å². The number of methoxy groups -OCH3 is 1. The lowest BCUT2D eigenvalue weighted by atomic mass is 10.1. The molecule has 0 N–H and O–H groups in total. The summed E-state index contributed by atoms with van der Waals surface area (Å²) in [6.45, 7) is 4.01. The molecule has 0 spiro atoms. The monoisotopic (exact) mass is 287 g/mol. The molecule has 0 amide bonds. The smallest absolute Gasteiger partial charge is 0.150 e. The lowest BCUT2D eigenvalue weighted by Crippen LogP contribution is -1.98. The van der Waals surface area contributed by atoms with Gasteiger partial charge in [-0.3, -0.25) is 9.78 Å². The highest BCUT2D eigenvalue weighted by atomic mass is 32.2. The van der Waals surface area contributed by atoms with E-state index in [1.807, 2.05) is 38.2 Å². The van der Waals surface area contributed by atoms with E-state index in [0.717, 1.165) is 39.5 Å². The van der Waals surface area contributed by atoms with Crippen molar-refractivity contribution in [3.8, 4) is 5.75 Å². The van der Waals surface area contributed by atoms with Crippen molar-refractivity contribution < 1.29 is 9.53 Å². The molecule has 0 saturated heterocycles. The summed E-state index contributed by atoms with van der Waals surface area (Å²) >= 11 is 1.67. The van der Waals surface area contributed by atoms with Gasteiger partial charge in [0.15, 0.2) is 0 Å². The Morgan fingerprint density at radius 1 is 1.35 bits per heavy atom. The second kappa shape index (κ2) is 6.57. The molecule has 0 unspecified atom stereocenters. The molecule has 0 atom stereocenters. The maximum Gasteiger partial charge on any atom is 0.150 e. The van der Waals surface area contributed by atoms with Crippen molar-refractivity contribution in [2.24, 2.45) is 0 Å². The first-order valence-corrected chi connectivity index (χ1v) is 7.31. The van der Waals surface area contributed by atoms with Crippen LogP contribution in [0.2, 0.25) is 0 Å². The summed E-state index contributed by atoms with van der Waals surface area (Å²) in [7, 11) is 1.68. The standard InChI is InChI=1S/C16H17NO2S/c1-11-8-17-15(12(2)16(11)19-3)10-20-14-6-4-5-13(7-14)9-18/h4-9H,10H2,1-3H3. The lowest BCUT2D eigenvalue weighted by Gasteiger charge is -2.12. The van der Waals surface area contributed by atoms with E-state index >= 15 is 0 Å². The second-order valence-electron chi connectivity index (χ2n) is 4.53. The molecule has 2 rings (SSSR count). The summed E-state index contributed by atoms with van der Waals surface area (Å²) in [6.07, 6.45) is 2.70. The highest BCUT2D eigenvalue weighted by Gasteiger charge is 2.09. The van der Waals surface area contributed by atoms with Crippen molar-refractivity contribution in [3.05, 3.63) is 52.8 Å². The van der Waals surface area contributed by atoms with Crippen LogP contribution in [0.15, 0.2) is 35.4 Å². The molecular formula is C16H17NO2S. The number of rotatable bonds is 5. The average molecular weight is 287 g/mol. The zero-order valence-corrected chi connectivity index (χ0v) is 12.7. The Labute approximate surface area is 123 Å². The highest BCUT2D eigenvalue weighted by Crippen LogP contribution is 2.29. The summed E-state index contributed by atoms with van der Waals surface area (Å²) in [5, 5.41) is 0. The summed E-state index contributed by atoms with van der Waals surface area (Å²) < 4.78 is 5.41. The summed E-state index contributed by atoms with van der Waals surface area (Å²) in [5.74, 6) is 1.65. The molecule has 1 heterocycles. The number of carbonyl (C=O) groups excluding carboxylic acids is 1. The van der Waals surface area contributed by atoms with Crippen molar-refractivity contribution in [1.29, 1.82) is 0 Å². The van der Waals surface area contributed by atoms with Crippen molar-refractivity contribution >= 4 is 18.0 Å². The van der Waals surface area contributed by atoms with Crippen molar-refractivity contribution in [2.75, 3.05) is 7.11 Å². The maximum absolute atomic E-state index is 10.8. The van der Waals surface area contributed by atoms with Crippen LogP contribution in [-0.2, 0) is 5.75 Å². The van der Waals surface area contributed by atoms with Gasteiger partial charge in [0, 0.05) is 33.5 Å². The molecule has 4 heteroatoms. The highest BCUT2D eigenvalue weighted by molar-refractivity contribution is 7.98. The summed E-state index contributed by atoms with van der Waals surface area (Å²) in [4.78, 5) is 16.3. The summed E-state index contributed by atoms with van der Waals surface area (Å²) in [5.41, 5.74) is 3.82. The van der Waals surface area contributed by atoms with Gasteiger partial charge in [0.2, 0.25) is 0 Å². The number of hydrogen-bond donors (Lipinski definition) is 0. The molecule has 0 saturated carbocycles. The van der Waals surface area contributed by atoms with Gasteiger partial charge in [-0.25, -0.2) is 0 Å². The maximum atomic E-state index is 10.8. The molecule has 0 fully saturated rings. The Bertz CT molecular complexity index is 626. The fourth-order valence-corrected chi connectivity index (χ4v) is 3.03. The Kier molecular flexibility index (Phi) is 4.79. The van der Waals surface area contributed by atoms with E-state index in [9.17, 15) is 4.79 Å². The Balaban J connectivity index is 2.16. The predicted molar refractivity (Wildman–Crippen MR) is 81.7 cm³/mol. The Hall–Kier alpha value is -1.81. The van der Waals surface area contributed by atoms with Crippen LogP contribution in [-0.4, -0.2) is 18.4 Å². The normalized spacial score (nSPS) is 10.3. The first kappa shape index (κ1) is 14.6. The quantitative estimate of drug-likeness (QED) is 0.619. The number of aldehydes is 1. The number of benzene rings is 1. The number of carbonyl (C=O) groups is 1. The molecule has 3 nitrogen and oxygen atoms in total. The number of aryl methyl sites for hydroxylation is 1. The number of aromatic nitrogens is 1. The molecule has 2 aromatic rings. The Morgan fingerprint density at radius 3 is 2.85 bits per heavy atom. The minimum atomic E-state index is 0.696. The molecule has 0 aliphatic carbocycles. The minimum absolute atomic E-state index is 0.696. The minimum Gasteiger partial charge on any atom is -0.496 e. The van der Waals surface area contributed by atoms with Gasteiger partial charge in [-0.1, -0.05) is 12.1 Å². The SMILES string of the molecule is COc1c(C)cnc(CSc2cccc(C=O)c2)c1C. The zero-order valence-electron chi connectivity index (χ0n) is 11.8. The van der Waals surface area contributed by atoms with E-state index in [1.165, 1.54) is 0 Å². The largest absolute Gasteiger partial charge is 0.496 e. The topological polar surface area (TPSA) is 39.2 Å². The van der Waals surface area contributed by atoms with Crippen LogP contribution in [0, 0.1) is 13.8 Å². The van der Waals surface area contributed by atoms with E-state index in [2.05, 4.69) is 4.98 Å². The van der Waals surface area contributed by atoms with Crippen LogP contribution in [0.4, 0.5) is 0 Å². The third-order valence-electron chi connectivity index (χ3n) is 3.12. The number of ether oxygens (including phenoxy) is 1. The van der Waals surface area contributed by atoms with E-state index in [1.54, 1.807) is 24.9 Å². The first-order valence-electron chi connectivity index (χ1n) is 6.32. The first-order chi connectivity index (χ1) is 9.65. The van der Waals surface area contributed by atoms with Crippen LogP contribution < -0.4 is 4.74 Å². The van der Waals surface area contributed by atoms with Gasteiger partial charge < -0.3 is 4.74 Å². The predicted octanol–water partition coefficient (Wildman–Crippen LogP) is 3.81. The Morgan fingerprint density at radius 2 is 2.15 bits per heavy atom. The van der Waals surface area contributed by atoms with E-state index in [-0.39, 0.29) is 0 Å². The van der Waals surface area contributed by atoms with Gasteiger partial charge in [0.05, 0.1) is 12.8 Å². The van der Waals surface area contributed by atoms with Crippen LogP contribution >= 0.6 is 11.8 Å². The van der Waals surface area contributed by atoms with Gasteiger partial charge in [0.25, 0.3) is 0 Å². The van der Waals surface area contributed by atoms with Crippen LogP contribution in [0.3, 0.4) is 0 Å². The molecule has 0 aliphatic rings. The third kappa shape index (κ3) is 3.20. The fraction of sp³-hybridized carbons (Fsp3) is 0.250. The van der Waals surface area contributed by atoms with Crippen LogP contribution in [0.1, 0.15) is 27.2 Å². The summed E-state index contributed by atoms with van der Waals surface area (Å²) in [6, 6.07) is 7.58. The lowest BCUT2D eigenvalue weighted by molar-refractivity contribution is 0.112. The molecular weight excluding hydrogens is 270 g/mol. The van der Waals surface area contributed by atoms with Gasteiger partial charge in [-0.05, 0) is 26.0 Å². The van der Waals surface area contributed by atoms with Gasteiger partial charge in [-0.15, -0.1) is 11.8 Å².